The molecule has 2 aromatic heterocycles. The number of aromatic nitrogens is 2. The summed E-state index contributed by atoms with van der Waals surface area (Å²) in [6.45, 7) is 8.49. The summed E-state index contributed by atoms with van der Waals surface area (Å²) in [6, 6.07) is 4.08. The first-order valence-electron chi connectivity index (χ1n) is 12.2. The SMILES string of the molecule is COC(=O)c1sc(I)cc1C1=C(C2CCC(C)CC2)CN(C/C(N)=N/c2nc(C)cc(C)n2)CC1. The molecule has 2 N–H and O–H groups in total. The van der Waals surface area contributed by atoms with Crippen LogP contribution in [0.1, 0.15) is 65.7 Å². The Balaban J connectivity index is 1.62. The van der Waals surface area contributed by atoms with Crippen LogP contribution in [-0.4, -0.2) is 53.4 Å². The molecular weight excluding hydrogens is 573 g/mol. The van der Waals surface area contributed by atoms with Gasteiger partial charge in [0.25, 0.3) is 5.95 Å². The Morgan fingerprint density at radius 1 is 1.23 bits per heavy atom. The summed E-state index contributed by atoms with van der Waals surface area (Å²) >= 11 is 3.82. The van der Waals surface area contributed by atoms with E-state index in [-0.39, 0.29) is 5.97 Å². The van der Waals surface area contributed by atoms with Gasteiger partial charge in [-0.05, 0) is 90.8 Å². The van der Waals surface area contributed by atoms with E-state index in [1.165, 1.54) is 55.3 Å². The highest BCUT2D eigenvalue weighted by Gasteiger charge is 2.31. The average molecular weight is 608 g/mol. The molecule has 0 saturated heterocycles. The van der Waals surface area contributed by atoms with Crippen molar-refractivity contribution in [2.45, 2.75) is 52.9 Å². The number of aliphatic imine (C=N–C) groups is 1. The van der Waals surface area contributed by atoms with Gasteiger partial charge >= 0.3 is 5.97 Å². The van der Waals surface area contributed by atoms with E-state index >= 15 is 0 Å². The zero-order valence-corrected chi connectivity index (χ0v) is 23.9. The lowest BCUT2D eigenvalue weighted by Gasteiger charge is -2.37. The van der Waals surface area contributed by atoms with Gasteiger partial charge in [0.1, 0.15) is 10.7 Å². The van der Waals surface area contributed by atoms with Crippen LogP contribution in [0.3, 0.4) is 0 Å². The van der Waals surface area contributed by atoms with E-state index in [2.05, 4.69) is 55.4 Å². The Labute approximate surface area is 225 Å². The molecule has 4 rings (SSSR count). The molecule has 0 amide bonds. The number of thiophene rings is 1. The highest BCUT2D eigenvalue weighted by atomic mass is 127. The number of nitrogens with zero attached hydrogens (tertiary/aromatic N) is 4. The summed E-state index contributed by atoms with van der Waals surface area (Å²) in [7, 11) is 1.46. The second-order valence-corrected chi connectivity index (χ2v) is 12.7. The van der Waals surface area contributed by atoms with E-state index in [1.54, 1.807) is 0 Å². The molecule has 0 bridgehead atoms. The molecule has 188 valence electrons. The second-order valence-electron chi connectivity index (χ2n) is 9.76. The van der Waals surface area contributed by atoms with Gasteiger partial charge in [-0.2, -0.15) is 4.99 Å². The first-order chi connectivity index (χ1) is 16.7. The summed E-state index contributed by atoms with van der Waals surface area (Å²) in [5, 5.41) is 0. The predicted molar refractivity (Wildman–Crippen MR) is 150 cm³/mol. The van der Waals surface area contributed by atoms with Gasteiger partial charge in [0.15, 0.2) is 0 Å². The molecule has 0 aromatic carbocycles. The molecule has 1 fully saturated rings. The number of halogens is 1. The van der Waals surface area contributed by atoms with E-state index in [9.17, 15) is 4.79 Å². The topological polar surface area (TPSA) is 93.7 Å². The molecule has 1 aliphatic carbocycles. The van der Waals surface area contributed by atoms with Gasteiger partial charge in [-0.1, -0.05) is 19.8 Å². The van der Waals surface area contributed by atoms with Crippen molar-refractivity contribution in [3.8, 4) is 0 Å². The number of aryl methyl sites for hydroxylation is 2. The first-order valence-corrected chi connectivity index (χ1v) is 14.1. The maximum atomic E-state index is 12.6. The number of hydrogen-bond acceptors (Lipinski definition) is 7. The normalized spacial score (nSPS) is 21.9. The summed E-state index contributed by atoms with van der Waals surface area (Å²) < 4.78 is 6.22. The average Bonchev–Trinajstić information content (AvgIpc) is 3.19. The van der Waals surface area contributed by atoms with E-state index in [4.69, 9.17) is 10.5 Å². The number of ether oxygens (including phenoxy) is 1. The number of esters is 1. The van der Waals surface area contributed by atoms with Gasteiger partial charge in [0.05, 0.1) is 16.5 Å². The third-order valence-corrected chi connectivity index (χ3v) is 8.84. The van der Waals surface area contributed by atoms with Gasteiger partial charge in [-0.15, -0.1) is 11.3 Å². The van der Waals surface area contributed by atoms with Crippen molar-refractivity contribution in [3.63, 3.8) is 0 Å². The summed E-state index contributed by atoms with van der Waals surface area (Å²) in [5.41, 5.74) is 12.0. The smallest absolute Gasteiger partial charge is 0.348 e. The largest absolute Gasteiger partial charge is 0.465 e. The molecule has 0 radical (unpaired) electrons. The van der Waals surface area contributed by atoms with Crippen LogP contribution in [0, 0.1) is 28.6 Å². The fourth-order valence-corrected chi connectivity index (χ4v) is 7.05. The third-order valence-electron chi connectivity index (χ3n) is 6.97. The number of carbonyl (C=O) groups is 1. The lowest BCUT2D eigenvalue weighted by molar-refractivity contribution is 0.0606. The van der Waals surface area contributed by atoms with Crippen molar-refractivity contribution in [2.24, 2.45) is 22.6 Å². The fourth-order valence-electron chi connectivity index (χ4n) is 5.25. The van der Waals surface area contributed by atoms with E-state index in [1.807, 2.05) is 19.9 Å². The summed E-state index contributed by atoms with van der Waals surface area (Å²) in [5.74, 6) is 2.02. The molecule has 1 aliphatic heterocycles. The Morgan fingerprint density at radius 2 is 1.91 bits per heavy atom. The quantitative estimate of drug-likeness (QED) is 0.201. The van der Waals surface area contributed by atoms with Crippen molar-refractivity contribution < 1.29 is 9.53 Å². The van der Waals surface area contributed by atoms with Crippen molar-refractivity contribution in [1.82, 2.24) is 14.9 Å². The van der Waals surface area contributed by atoms with Gasteiger partial charge in [0.2, 0.25) is 0 Å². The molecule has 35 heavy (non-hydrogen) atoms. The minimum atomic E-state index is -0.246. The fraction of sp³-hybridized carbons (Fsp3) is 0.538. The first kappa shape index (κ1) is 26.2. The number of amidine groups is 1. The Hall–Kier alpha value is -1.85. The molecule has 0 spiro atoms. The van der Waals surface area contributed by atoms with Crippen molar-refractivity contribution in [3.05, 3.63) is 42.4 Å². The van der Waals surface area contributed by atoms with Gasteiger partial charge < -0.3 is 10.5 Å². The lowest BCUT2D eigenvalue weighted by atomic mass is 9.75. The minimum absolute atomic E-state index is 0.246. The molecule has 1 saturated carbocycles. The molecule has 2 aromatic rings. The van der Waals surface area contributed by atoms with Crippen molar-refractivity contribution >= 4 is 57.3 Å². The van der Waals surface area contributed by atoms with Crippen molar-refractivity contribution in [1.29, 1.82) is 0 Å². The predicted octanol–water partition coefficient (Wildman–Crippen LogP) is 5.52. The van der Waals surface area contributed by atoms with Gasteiger partial charge in [-0.25, -0.2) is 14.8 Å². The number of hydrogen-bond donors (Lipinski definition) is 1. The number of methoxy groups -OCH3 is 1. The number of rotatable bonds is 6. The van der Waals surface area contributed by atoms with Crippen LogP contribution >= 0.6 is 33.9 Å². The number of carbonyl (C=O) groups excluding carboxylic acids is 1. The van der Waals surface area contributed by atoms with Crippen LogP contribution in [0.15, 0.2) is 22.7 Å². The second kappa shape index (κ2) is 11.5. The van der Waals surface area contributed by atoms with E-state index in [0.29, 0.717) is 24.2 Å². The van der Waals surface area contributed by atoms with Crippen LogP contribution in [0.4, 0.5) is 5.95 Å². The van der Waals surface area contributed by atoms with Gasteiger partial charge in [0, 0.05) is 30.0 Å². The highest BCUT2D eigenvalue weighted by molar-refractivity contribution is 14.1. The van der Waals surface area contributed by atoms with Crippen LogP contribution in [0.25, 0.3) is 5.57 Å². The molecule has 9 heteroatoms. The lowest BCUT2D eigenvalue weighted by Crippen LogP contribution is -2.40. The van der Waals surface area contributed by atoms with E-state index < -0.39 is 0 Å². The Bertz CT molecular complexity index is 1130. The summed E-state index contributed by atoms with van der Waals surface area (Å²) in [4.78, 5) is 28.9. The maximum Gasteiger partial charge on any atom is 0.348 e. The Morgan fingerprint density at radius 3 is 2.57 bits per heavy atom. The molecule has 7 nitrogen and oxygen atoms in total. The van der Waals surface area contributed by atoms with Crippen LogP contribution in [0.5, 0.6) is 0 Å². The Kier molecular flexibility index (Phi) is 8.59. The van der Waals surface area contributed by atoms with Crippen LogP contribution in [-0.2, 0) is 4.74 Å². The van der Waals surface area contributed by atoms with Crippen LogP contribution in [0.2, 0.25) is 0 Å². The van der Waals surface area contributed by atoms with Gasteiger partial charge in [-0.3, -0.25) is 4.90 Å². The van der Waals surface area contributed by atoms with Crippen molar-refractivity contribution in [2.75, 3.05) is 26.7 Å². The standard InChI is InChI=1S/C26H34IN5O2S/c1-15-5-7-18(8-6-15)21-13-32(14-23(28)31-26-29-16(2)11-17(3)30-26)10-9-19(21)20-12-22(27)35-24(20)25(33)34-4/h11-12,15,18H,5-10,13-14H2,1-4H3,(H2,28,29,30,31). The minimum Gasteiger partial charge on any atom is -0.465 e. The number of nitrogens with two attached hydrogens (primary N) is 1. The molecule has 3 heterocycles. The zero-order valence-electron chi connectivity index (χ0n) is 20.9. The molecule has 2 aliphatic rings. The zero-order chi connectivity index (χ0) is 25.1. The molecular formula is C26H34IN5O2S. The monoisotopic (exact) mass is 607 g/mol. The highest BCUT2D eigenvalue weighted by Crippen LogP contribution is 2.42. The maximum absolute atomic E-state index is 12.6. The van der Waals surface area contributed by atoms with Crippen LogP contribution < -0.4 is 5.73 Å². The molecule has 0 unspecified atom stereocenters. The molecule has 0 atom stereocenters. The summed E-state index contributed by atoms with van der Waals surface area (Å²) in [6.07, 6.45) is 5.77. The van der Waals surface area contributed by atoms with E-state index in [0.717, 1.165) is 50.1 Å². The third kappa shape index (κ3) is 6.48.